The van der Waals surface area contributed by atoms with Crippen molar-refractivity contribution in [3.63, 3.8) is 0 Å². The molecule has 0 radical (unpaired) electrons. The number of aryl methyl sites for hydroxylation is 1. The molecular formula is C15H16N6. The van der Waals surface area contributed by atoms with E-state index in [0.717, 1.165) is 11.1 Å². The van der Waals surface area contributed by atoms with E-state index in [1.807, 2.05) is 24.4 Å². The summed E-state index contributed by atoms with van der Waals surface area (Å²) in [5, 5.41) is 7.14. The quantitative estimate of drug-likeness (QED) is 0.797. The number of benzene rings is 1. The first-order valence-corrected chi connectivity index (χ1v) is 6.69. The van der Waals surface area contributed by atoms with Gasteiger partial charge in [0.05, 0.1) is 0 Å². The Hall–Kier alpha value is -2.76. The van der Waals surface area contributed by atoms with Crippen LogP contribution in [0, 0.1) is 13.8 Å². The molecule has 0 amide bonds. The van der Waals surface area contributed by atoms with Crippen LogP contribution < -0.4 is 5.32 Å². The largest absolute Gasteiger partial charge is 0.357 e. The highest BCUT2D eigenvalue weighted by atomic mass is 15.4. The summed E-state index contributed by atoms with van der Waals surface area (Å²) in [4.78, 5) is 13.3. The van der Waals surface area contributed by atoms with E-state index in [4.69, 9.17) is 0 Å². The molecule has 21 heavy (non-hydrogen) atoms. The van der Waals surface area contributed by atoms with Gasteiger partial charge in [-0.05, 0) is 31.0 Å². The van der Waals surface area contributed by atoms with E-state index in [2.05, 4.69) is 45.3 Å². The molecule has 0 fully saturated rings. The van der Waals surface area contributed by atoms with E-state index in [0.29, 0.717) is 17.7 Å². The van der Waals surface area contributed by atoms with Crippen LogP contribution in [-0.4, -0.2) is 31.8 Å². The number of nitrogens with zero attached hydrogens (tertiary/aromatic N) is 5. The Morgan fingerprint density at radius 2 is 1.90 bits per heavy atom. The summed E-state index contributed by atoms with van der Waals surface area (Å²) in [6, 6.07) is 7.94. The predicted molar refractivity (Wildman–Crippen MR) is 81.4 cm³/mol. The van der Waals surface area contributed by atoms with Gasteiger partial charge in [0.25, 0.3) is 5.95 Å². The molecular weight excluding hydrogens is 264 g/mol. The van der Waals surface area contributed by atoms with Crippen LogP contribution in [0.1, 0.15) is 11.1 Å². The van der Waals surface area contributed by atoms with Crippen LogP contribution in [0.15, 0.2) is 36.7 Å². The van der Waals surface area contributed by atoms with Crippen LogP contribution in [0.3, 0.4) is 0 Å². The number of hydrogen-bond donors (Lipinski definition) is 1. The number of rotatable bonds is 3. The second kappa shape index (κ2) is 5.32. The predicted octanol–water partition coefficient (Wildman–Crippen LogP) is 2.38. The molecule has 0 aliphatic carbocycles. The molecule has 0 spiro atoms. The Kier molecular flexibility index (Phi) is 3.35. The molecule has 3 rings (SSSR count). The van der Waals surface area contributed by atoms with E-state index < -0.39 is 0 Å². The van der Waals surface area contributed by atoms with Gasteiger partial charge in [-0.3, -0.25) is 0 Å². The molecule has 0 bridgehead atoms. The Morgan fingerprint density at radius 1 is 1.05 bits per heavy atom. The van der Waals surface area contributed by atoms with Gasteiger partial charge in [0.15, 0.2) is 5.82 Å². The van der Waals surface area contributed by atoms with Crippen molar-refractivity contribution >= 4 is 5.95 Å². The molecule has 1 aromatic carbocycles. The molecule has 0 atom stereocenters. The maximum atomic E-state index is 4.53. The molecule has 0 saturated heterocycles. The maximum Gasteiger partial charge on any atom is 0.255 e. The Bertz CT molecular complexity index is 764. The highest BCUT2D eigenvalue weighted by Crippen LogP contribution is 2.23. The molecule has 0 unspecified atom stereocenters. The van der Waals surface area contributed by atoms with Gasteiger partial charge < -0.3 is 5.32 Å². The van der Waals surface area contributed by atoms with Crippen LogP contribution in [-0.2, 0) is 0 Å². The Labute approximate surface area is 122 Å². The molecule has 0 aliphatic heterocycles. The van der Waals surface area contributed by atoms with Crippen LogP contribution in [0.5, 0.6) is 0 Å². The fraction of sp³-hybridized carbons (Fsp3) is 0.200. The van der Waals surface area contributed by atoms with Gasteiger partial charge in [-0.15, -0.1) is 0 Å². The standard InChI is InChI=1S/C15H16N6/c1-10-6-4-7-12(11(10)2)13-18-14(16-3)20-15(19-13)21-9-5-8-17-21/h4-9H,1-3H3,(H,16,18,19,20). The molecule has 106 valence electrons. The topological polar surface area (TPSA) is 68.5 Å². The average molecular weight is 280 g/mol. The van der Waals surface area contributed by atoms with E-state index >= 15 is 0 Å². The molecule has 0 aliphatic rings. The van der Waals surface area contributed by atoms with Gasteiger partial charge in [0.2, 0.25) is 5.95 Å². The van der Waals surface area contributed by atoms with Gasteiger partial charge in [0, 0.05) is 25.0 Å². The first-order valence-electron chi connectivity index (χ1n) is 6.69. The fourth-order valence-electron chi connectivity index (χ4n) is 2.08. The summed E-state index contributed by atoms with van der Waals surface area (Å²) in [6.45, 7) is 4.15. The minimum absolute atomic E-state index is 0.496. The molecule has 2 heterocycles. The van der Waals surface area contributed by atoms with Gasteiger partial charge in [-0.1, -0.05) is 18.2 Å². The minimum atomic E-state index is 0.496. The Morgan fingerprint density at radius 3 is 2.62 bits per heavy atom. The van der Waals surface area contributed by atoms with Crippen molar-refractivity contribution in [1.82, 2.24) is 24.7 Å². The normalized spacial score (nSPS) is 10.6. The lowest BCUT2D eigenvalue weighted by molar-refractivity contribution is 0.799. The molecule has 2 aromatic heterocycles. The number of aromatic nitrogens is 5. The van der Waals surface area contributed by atoms with Crippen LogP contribution in [0.4, 0.5) is 5.95 Å². The van der Waals surface area contributed by atoms with Gasteiger partial charge >= 0.3 is 0 Å². The summed E-state index contributed by atoms with van der Waals surface area (Å²) in [5.41, 5.74) is 3.37. The highest BCUT2D eigenvalue weighted by molar-refractivity contribution is 5.63. The number of hydrogen-bond acceptors (Lipinski definition) is 5. The summed E-state index contributed by atoms with van der Waals surface area (Å²) < 4.78 is 1.62. The third-order valence-corrected chi connectivity index (χ3v) is 3.40. The van der Waals surface area contributed by atoms with Crippen molar-refractivity contribution in [2.45, 2.75) is 13.8 Å². The first kappa shape index (κ1) is 13.2. The number of nitrogens with one attached hydrogen (secondary N) is 1. The van der Waals surface area contributed by atoms with Gasteiger partial charge in [0.1, 0.15) is 0 Å². The third kappa shape index (κ3) is 2.47. The summed E-state index contributed by atoms with van der Waals surface area (Å²) in [6.07, 6.45) is 3.50. The van der Waals surface area contributed by atoms with Crippen LogP contribution >= 0.6 is 0 Å². The zero-order valence-corrected chi connectivity index (χ0v) is 12.2. The van der Waals surface area contributed by atoms with E-state index in [9.17, 15) is 0 Å². The molecule has 6 nitrogen and oxygen atoms in total. The summed E-state index contributed by atoms with van der Waals surface area (Å²) in [7, 11) is 1.79. The van der Waals surface area contributed by atoms with Crippen molar-refractivity contribution in [3.8, 4) is 17.3 Å². The average Bonchev–Trinajstić information content (AvgIpc) is 3.04. The zero-order chi connectivity index (χ0) is 14.8. The zero-order valence-electron chi connectivity index (χ0n) is 12.2. The van der Waals surface area contributed by atoms with Gasteiger partial charge in [-0.2, -0.15) is 20.1 Å². The third-order valence-electron chi connectivity index (χ3n) is 3.40. The molecule has 1 N–H and O–H groups in total. The second-order valence-electron chi connectivity index (χ2n) is 4.73. The van der Waals surface area contributed by atoms with Crippen LogP contribution in [0.25, 0.3) is 17.3 Å². The number of anilines is 1. The minimum Gasteiger partial charge on any atom is -0.357 e. The SMILES string of the molecule is CNc1nc(-c2cccc(C)c2C)nc(-n2cccn2)n1. The smallest absolute Gasteiger partial charge is 0.255 e. The highest BCUT2D eigenvalue weighted by Gasteiger charge is 2.12. The molecule has 3 aromatic rings. The first-order chi connectivity index (χ1) is 10.2. The lowest BCUT2D eigenvalue weighted by Crippen LogP contribution is -2.08. The fourth-order valence-corrected chi connectivity index (χ4v) is 2.08. The monoisotopic (exact) mass is 280 g/mol. The van der Waals surface area contributed by atoms with E-state index in [1.165, 1.54) is 5.56 Å². The molecule has 6 heteroatoms. The lowest BCUT2D eigenvalue weighted by atomic mass is 10.0. The van der Waals surface area contributed by atoms with E-state index in [-0.39, 0.29) is 0 Å². The van der Waals surface area contributed by atoms with E-state index in [1.54, 1.807) is 17.9 Å². The lowest BCUT2D eigenvalue weighted by Gasteiger charge is -2.10. The summed E-state index contributed by atoms with van der Waals surface area (Å²) in [5.74, 6) is 1.66. The molecule has 0 saturated carbocycles. The van der Waals surface area contributed by atoms with Crippen molar-refractivity contribution in [2.24, 2.45) is 0 Å². The van der Waals surface area contributed by atoms with Crippen molar-refractivity contribution in [1.29, 1.82) is 0 Å². The van der Waals surface area contributed by atoms with Gasteiger partial charge in [-0.25, -0.2) is 4.68 Å². The van der Waals surface area contributed by atoms with Crippen molar-refractivity contribution in [2.75, 3.05) is 12.4 Å². The maximum absolute atomic E-state index is 4.53. The van der Waals surface area contributed by atoms with Crippen LogP contribution in [0.2, 0.25) is 0 Å². The second-order valence-corrected chi connectivity index (χ2v) is 4.73. The van der Waals surface area contributed by atoms with Crippen molar-refractivity contribution < 1.29 is 0 Å². The summed E-state index contributed by atoms with van der Waals surface area (Å²) >= 11 is 0. The van der Waals surface area contributed by atoms with Crippen molar-refractivity contribution in [3.05, 3.63) is 47.8 Å². The Balaban J connectivity index is 2.18.